The van der Waals surface area contributed by atoms with Gasteiger partial charge in [-0.15, -0.1) is 11.6 Å². The van der Waals surface area contributed by atoms with Gasteiger partial charge >= 0.3 is 0 Å². The molecule has 6 heteroatoms. The number of hydrogen-bond acceptors (Lipinski definition) is 4. The molecule has 5 nitrogen and oxygen atoms in total. The van der Waals surface area contributed by atoms with E-state index >= 15 is 0 Å². The predicted molar refractivity (Wildman–Crippen MR) is 64.5 cm³/mol. The lowest BCUT2D eigenvalue weighted by Crippen LogP contribution is -1.89. The Hall–Kier alpha value is -1.75. The minimum Gasteiger partial charge on any atom is -0.497 e. The van der Waals surface area contributed by atoms with E-state index in [1.54, 1.807) is 20.3 Å². The summed E-state index contributed by atoms with van der Waals surface area (Å²) >= 11 is 5.66. The summed E-state index contributed by atoms with van der Waals surface area (Å²) in [4.78, 5) is 4.24. The fraction of sp³-hybridized carbons (Fsp3) is 0.273. The van der Waals surface area contributed by atoms with Gasteiger partial charge in [0, 0.05) is 11.6 Å². The number of alkyl halides is 1. The Morgan fingerprint density at radius 3 is 2.29 bits per heavy atom. The normalized spacial score (nSPS) is 10.3. The minimum atomic E-state index is 0.300. The third kappa shape index (κ3) is 2.50. The monoisotopic (exact) mass is 253 g/mol. The topological polar surface area (TPSA) is 60.0 Å². The maximum Gasteiger partial charge on any atom is 0.181 e. The lowest BCUT2D eigenvalue weighted by atomic mass is 10.2. The van der Waals surface area contributed by atoms with Gasteiger partial charge in [-0.3, -0.25) is 5.10 Å². The second-order valence-electron chi connectivity index (χ2n) is 3.34. The van der Waals surface area contributed by atoms with E-state index in [-0.39, 0.29) is 0 Å². The second-order valence-corrected chi connectivity index (χ2v) is 3.61. The number of aromatic amines is 1. The van der Waals surface area contributed by atoms with Crippen molar-refractivity contribution in [2.45, 2.75) is 5.88 Å². The summed E-state index contributed by atoms with van der Waals surface area (Å²) in [6.45, 7) is 0. The first-order chi connectivity index (χ1) is 8.26. The zero-order valence-corrected chi connectivity index (χ0v) is 10.3. The van der Waals surface area contributed by atoms with E-state index in [2.05, 4.69) is 15.2 Å². The Morgan fingerprint density at radius 2 is 1.82 bits per heavy atom. The SMILES string of the molecule is COc1cc(OC)cc(-c2n[nH]c(CCl)n2)c1. The van der Waals surface area contributed by atoms with Crippen LogP contribution in [0.3, 0.4) is 0 Å². The number of nitrogens with zero attached hydrogens (tertiary/aromatic N) is 2. The molecule has 0 aliphatic heterocycles. The van der Waals surface area contributed by atoms with E-state index in [4.69, 9.17) is 21.1 Å². The zero-order chi connectivity index (χ0) is 12.3. The van der Waals surface area contributed by atoms with E-state index in [0.29, 0.717) is 29.0 Å². The van der Waals surface area contributed by atoms with Crippen molar-refractivity contribution in [3.8, 4) is 22.9 Å². The first-order valence-corrected chi connectivity index (χ1v) is 5.51. The van der Waals surface area contributed by atoms with Crippen molar-refractivity contribution in [3.05, 3.63) is 24.0 Å². The van der Waals surface area contributed by atoms with Crippen LogP contribution in [0, 0.1) is 0 Å². The van der Waals surface area contributed by atoms with Gasteiger partial charge in [0.25, 0.3) is 0 Å². The summed E-state index contributed by atoms with van der Waals surface area (Å²) in [6, 6.07) is 5.46. The minimum absolute atomic E-state index is 0.300. The standard InChI is InChI=1S/C11H12ClN3O2/c1-16-8-3-7(4-9(5-8)17-2)11-13-10(6-12)14-15-11/h3-5H,6H2,1-2H3,(H,13,14,15). The van der Waals surface area contributed by atoms with E-state index in [1.807, 2.05) is 12.1 Å². The molecule has 0 unspecified atom stereocenters. The highest BCUT2D eigenvalue weighted by molar-refractivity contribution is 6.16. The summed E-state index contributed by atoms with van der Waals surface area (Å²) in [5.74, 6) is 2.88. The fourth-order valence-electron chi connectivity index (χ4n) is 1.42. The molecule has 1 N–H and O–H groups in total. The molecule has 0 spiro atoms. The predicted octanol–water partition coefficient (Wildman–Crippen LogP) is 2.23. The Bertz CT molecular complexity index is 491. The molecule has 0 radical (unpaired) electrons. The molecule has 1 heterocycles. The molecule has 0 aliphatic carbocycles. The van der Waals surface area contributed by atoms with Gasteiger partial charge in [0.2, 0.25) is 0 Å². The van der Waals surface area contributed by atoms with Crippen molar-refractivity contribution in [1.82, 2.24) is 15.2 Å². The molecule has 0 amide bonds. The van der Waals surface area contributed by atoms with Crippen molar-refractivity contribution < 1.29 is 9.47 Å². The van der Waals surface area contributed by atoms with E-state index in [0.717, 1.165) is 5.56 Å². The summed E-state index contributed by atoms with van der Waals surface area (Å²) < 4.78 is 10.4. The molecule has 0 aliphatic rings. The number of aromatic nitrogens is 3. The quantitative estimate of drug-likeness (QED) is 0.849. The fourth-order valence-corrected chi connectivity index (χ4v) is 1.54. The average Bonchev–Trinajstić information content (AvgIpc) is 2.86. The van der Waals surface area contributed by atoms with Crippen LogP contribution in [0.4, 0.5) is 0 Å². The molecule has 0 saturated heterocycles. The van der Waals surface area contributed by atoms with Crippen molar-refractivity contribution in [3.63, 3.8) is 0 Å². The Balaban J connectivity index is 2.43. The highest BCUT2D eigenvalue weighted by Gasteiger charge is 2.09. The van der Waals surface area contributed by atoms with E-state index in [1.165, 1.54) is 0 Å². The Kier molecular flexibility index (Phi) is 3.49. The number of methoxy groups -OCH3 is 2. The van der Waals surface area contributed by atoms with Crippen LogP contribution in [0.15, 0.2) is 18.2 Å². The van der Waals surface area contributed by atoms with Crippen LogP contribution in [0.5, 0.6) is 11.5 Å². The Morgan fingerprint density at radius 1 is 1.18 bits per heavy atom. The maximum atomic E-state index is 5.66. The molecule has 2 rings (SSSR count). The highest BCUT2D eigenvalue weighted by Crippen LogP contribution is 2.27. The second kappa shape index (κ2) is 5.05. The maximum absolute atomic E-state index is 5.66. The summed E-state index contributed by atoms with van der Waals surface area (Å²) in [5, 5.41) is 6.83. The number of nitrogens with one attached hydrogen (secondary N) is 1. The lowest BCUT2D eigenvalue weighted by molar-refractivity contribution is 0.394. The van der Waals surface area contributed by atoms with Gasteiger partial charge in [-0.05, 0) is 12.1 Å². The number of benzene rings is 1. The van der Waals surface area contributed by atoms with Crippen LogP contribution in [-0.4, -0.2) is 29.4 Å². The van der Waals surface area contributed by atoms with Crippen LogP contribution >= 0.6 is 11.6 Å². The van der Waals surface area contributed by atoms with Gasteiger partial charge in [-0.25, -0.2) is 4.98 Å². The smallest absolute Gasteiger partial charge is 0.181 e. The molecule has 90 valence electrons. The number of ether oxygens (including phenoxy) is 2. The van der Waals surface area contributed by atoms with Gasteiger partial charge in [0.05, 0.1) is 20.1 Å². The number of rotatable bonds is 4. The van der Waals surface area contributed by atoms with Crippen LogP contribution < -0.4 is 9.47 Å². The van der Waals surface area contributed by atoms with Gasteiger partial charge in [-0.2, -0.15) is 5.10 Å². The molecule has 1 aromatic heterocycles. The molecule has 0 fully saturated rings. The van der Waals surface area contributed by atoms with Crippen LogP contribution in [-0.2, 0) is 5.88 Å². The summed E-state index contributed by atoms with van der Waals surface area (Å²) in [6.07, 6.45) is 0. The van der Waals surface area contributed by atoms with Crippen LogP contribution in [0.2, 0.25) is 0 Å². The first kappa shape index (κ1) is 11.7. The third-order valence-corrected chi connectivity index (χ3v) is 2.52. The Labute approximate surface area is 104 Å². The molecule has 0 saturated carbocycles. The molecule has 2 aromatic rings. The van der Waals surface area contributed by atoms with Gasteiger partial charge in [0.15, 0.2) is 5.82 Å². The van der Waals surface area contributed by atoms with E-state index < -0.39 is 0 Å². The van der Waals surface area contributed by atoms with Crippen molar-refractivity contribution >= 4 is 11.6 Å². The highest BCUT2D eigenvalue weighted by atomic mass is 35.5. The zero-order valence-electron chi connectivity index (χ0n) is 9.53. The lowest BCUT2D eigenvalue weighted by Gasteiger charge is -2.05. The summed E-state index contributed by atoms with van der Waals surface area (Å²) in [7, 11) is 3.20. The first-order valence-electron chi connectivity index (χ1n) is 4.97. The molecular formula is C11H12ClN3O2. The molecule has 1 aromatic carbocycles. The van der Waals surface area contributed by atoms with E-state index in [9.17, 15) is 0 Å². The molecule has 0 bridgehead atoms. The van der Waals surface area contributed by atoms with Crippen molar-refractivity contribution in [2.24, 2.45) is 0 Å². The largest absolute Gasteiger partial charge is 0.497 e. The van der Waals surface area contributed by atoms with Crippen LogP contribution in [0.25, 0.3) is 11.4 Å². The number of halogens is 1. The third-order valence-electron chi connectivity index (χ3n) is 2.27. The van der Waals surface area contributed by atoms with Gasteiger partial charge < -0.3 is 9.47 Å². The van der Waals surface area contributed by atoms with Crippen molar-refractivity contribution in [1.29, 1.82) is 0 Å². The molecule has 17 heavy (non-hydrogen) atoms. The molecule has 0 atom stereocenters. The average molecular weight is 254 g/mol. The van der Waals surface area contributed by atoms with Gasteiger partial charge in [0.1, 0.15) is 17.3 Å². The van der Waals surface area contributed by atoms with Gasteiger partial charge in [-0.1, -0.05) is 0 Å². The van der Waals surface area contributed by atoms with Crippen LogP contribution in [0.1, 0.15) is 5.82 Å². The number of H-pyrrole nitrogens is 1. The summed E-state index contributed by atoms with van der Waals surface area (Å²) in [5.41, 5.74) is 0.814. The van der Waals surface area contributed by atoms with Crippen molar-refractivity contribution in [2.75, 3.05) is 14.2 Å². The molecular weight excluding hydrogens is 242 g/mol. The number of hydrogen-bond donors (Lipinski definition) is 1.